The Kier molecular flexibility index (Phi) is 4.22. The smallest absolute Gasteiger partial charge is 0.334 e. The first-order chi connectivity index (χ1) is 7.95. The van der Waals surface area contributed by atoms with Gasteiger partial charge in [-0.2, -0.15) is 0 Å². The number of nitrogens with one attached hydrogen (secondary N) is 1. The van der Waals surface area contributed by atoms with Crippen molar-refractivity contribution in [1.29, 1.82) is 0 Å². The molecular weight excluding hydrogens is 228 g/mol. The first kappa shape index (κ1) is 13.2. The number of hydrogen-bond acceptors (Lipinski definition) is 5. The predicted molar refractivity (Wildman–Crippen MR) is 56.7 cm³/mol. The Morgan fingerprint density at radius 2 is 2.18 bits per heavy atom. The number of methoxy groups -OCH3 is 1. The van der Waals surface area contributed by atoms with Gasteiger partial charge in [-0.15, -0.1) is 0 Å². The van der Waals surface area contributed by atoms with Crippen molar-refractivity contribution in [3.8, 4) is 0 Å². The lowest BCUT2D eigenvalue weighted by Crippen LogP contribution is -2.37. The quantitative estimate of drug-likeness (QED) is 0.760. The van der Waals surface area contributed by atoms with Crippen molar-refractivity contribution in [2.24, 2.45) is 0 Å². The van der Waals surface area contributed by atoms with Gasteiger partial charge in [-0.25, -0.2) is 9.78 Å². The van der Waals surface area contributed by atoms with Crippen LogP contribution in [0.2, 0.25) is 0 Å². The van der Waals surface area contributed by atoms with E-state index in [2.05, 4.69) is 15.0 Å². The highest BCUT2D eigenvalue weighted by molar-refractivity contribution is 5.92. The van der Waals surface area contributed by atoms with Gasteiger partial charge in [0.2, 0.25) is 5.76 Å². The van der Waals surface area contributed by atoms with Crippen LogP contribution >= 0.6 is 0 Å². The standard InChI is InChI=1S/C10H14N2O5/c1-5-8(17-6(2)12-5)9(13)11-4-7(16-3)10(14)15/h7H,4H2,1-3H3,(H,11,13)(H,14,15). The molecule has 1 aromatic heterocycles. The molecule has 0 saturated heterocycles. The Hall–Kier alpha value is -1.89. The van der Waals surface area contributed by atoms with Gasteiger partial charge < -0.3 is 19.6 Å². The zero-order chi connectivity index (χ0) is 13.0. The topological polar surface area (TPSA) is 102 Å². The van der Waals surface area contributed by atoms with Crippen molar-refractivity contribution >= 4 is 11.9 Å². The number of carboxylic acids is 1. The molecular formula is C10H14N2O5. The number of aromatic nitrogens is 1. The molecule has 94 valence electrons. The van der Waals surface area contributed by atoms with Crippen LogP contribution in [-0.4, -0.2) is 41.7 Å². The summed E-state index contributed by atoms with van der Waals surface area (Å²) in [6.07, 6.45) is -1.08. The molecule has 1 rings (SSSR count). The Morgan fingerprint density at radius 3 is 2.59 bits per heavy atom. The zero-order valence-corrected chi connectivity index (χ0v) is 9.81. The number of aliphatic carboxylic acids is 1. The molecule has 7 heteroatoms. The first-order valence-electron chi connectivity index (χ1n) is 4.93. The maximum absolute atomic E-state index is 11.6. The van der Waals surface area contributed by atoms with Crippen LogP contribution in [0.4, 0.5) is 0 Å². The molecule has 17 heavy (non-hydrogen) atoms. The first-order valence-corrected chi connectivity index (χ1v) is 4.93. The molecule has 0 fully saturated rings. The van der Waals surface area contributed by atoms with Gasteiger partial charge in [-0.1, -0.05) is 0 Å². The summed E-state index contributed by atoms with van der Waals surface area (Å²) < 4.78 is 9.76. The van der Waals surface area contributed by atoms with Crippen LogP contribution < -0.4 is 5.32 Å². The van der Waals surface area contributed by atoms with E-state index >= 15 is 0 Å². The number of rotatable bonds is 5. The molecule has 7 nitrogen and oxygen atoms in total. The third-order valence-corrected chi connectivity index (χ3v) is 2.12. The summed E-state index contributed by atoms with van der Waals surface area (Å²) in [4.78, 5) is 26.2. The highest BCUT2D eigenvalue weighted by Crippen LogP contribution is 2.08. The van der Waals surface area contributed by atoms with E-state index in [-0.39, 0.29) is 12.3 Å². The Labute approximate surface area is 97.8 Å². The lowest BCUT2D eigenvalue weighted by Gasteiger charge is -2.10. The number of amides is 1. The third-order valence-electron chi connectivity index (χ3n) is 2.12. The number of carbonyl (C=O) groups excluding carboxylic acids is 1. The maximum Gasteiger partial charge on any atom is 0.334 e. The Morgan fingerprint density at radius 1 is 1.53 bits per heavy atom. The molecule has 0 radical (unpaired) electrons. The predicted octanol–water partition coefficient (Wildman–Crippen LogP) is 0.121. The van der Waals surface area contributed by atoms with Crippen LogP contribution in [0.5, 0.6) is 0 Å². The van der Waals surface area contributed by atoms with Gasteiger partial charge in [0.1, 0.15) is 0 Å². The van der Waals surface area contributed by atoms with E-state index in [4.69, 9.17) is 9.52 Å². The summed E-state index contributed by atoms with van der Waals surface area (Å²) in [6, 6.07) is 0. The van der Waals surface area contributed by atoms with Crippen LogP contribution in [0.15, 0.2) is 4.42 Å². The van der Waals surface area contributed by atoms with Gasteiger partial charge in [0.25, 0.3) is 5.91 Å². The van der Waals surface area contributed by atoms with Gasteiger partial charge in [-0.3, -0.25) is 4.79 Å². The number of nitrogens with zero attached hydrogens (tertiary/aromatic N) is 1. The second kappa shape index (κ2) is 5.44. The van der Waals surface area contributed by atoms with Gasteiger partial charge in [0.05, 0.1) is 12.2 Å². The van der Waals surface area contributed by atoms with E-state index in [1.54, 1.807) is 13.8 Å². The van der Waals surface area contributed by atoms with Crippen molar-refractivity contribution in [1.82, 2.24) is 10.3 Å². The molecule has 1 heterocycles. The minimum atomic E-state index is -1.14. The van der Waals surface area contributed by atoms with Crippen molar-refractivity contribution in [3.63, 3.8) is 0 Å². The SMILES string of the molecule is COC(CNC(=O)c1oc(C)nc1C)C(=O)O. The molecule has 1 aromatic rings. The lowest BCUT2D eigenvalue weighted by molar-refractivity contribution is -0.148. The van der Waals surface area contributed by atoms with E-state index in [0.717, 1.165) is 0 Å². The molecule has 1 unspecified atom stereocenters. The minimum Gasteiger partial charge on any atom is -0.479 e. The second-order valence-electron chi connectivity index (χ2n) is 3.42. The summed E-state index contributed by atoms with van der Waals surface area (Å²) >= 11 is 0. The highest BCUT2D eigenvalue weighted by Gasteiger charge is 2.20. The number of carbonyl (C=O) groups is 2. The third kappa shape index (κ3) is 3.28. The van der Waals surface area contributed by atoms with Crippen LogP contribution in [-0.2, 0) is 9.53 Å². The van der Waals surface area contributed by atoms with Gasteiger partial charge in [-0.05, 0) is 6.92 Å². The Balaban J connectivity index is 2.61. The maximum atomic E-state index is 11.6. The molecule has 0 saturated carbocycles. The van der Waals surface area contributed by atoms with Crippen molar-refractivity contribution in [2.75, 3.05) is 13.7 Å². The lowest BCUT2D eigenvalue weighted by atomic mass is 10.3. The second-order valence-corrected chi connectivity index (χ2v) is 3.42. The van der Waals surface area contributed by atoms with Crippen molar-refractivity contribution in [2.45, 2.75) is 20.0 Å². The number of oxazole rings is 1. The molecule has 0 spiro atoms. The number of ether oxygens (including phenoxy) is 1. The fraction of sp³-hybridized carbons (Fsp3) is 0.500. The van der Waals surface area contributed by atoms with Crippen molar-refractivity contribution in [3.05, 3.63) is 17.3 Å². The minimum absolute atomic E-state index is 0.0859. The molecule has 1 amide bonds. The summed E-state index contributed by atoms with van der Waals surface area (Å²) in [6.45, 7) is 3.12. The molecule has 0 aromatic carbocycles. The molecule has 0 aliphatic rings. The van der Waals surface area contributed by atoms with E-state index in [0.29, 0.717) is 11.6 Å². The monoisotopic (exact) mass is 242 g/mol. The normalized spacial score (nSPS) is 12.2. The summed E-state index contributed by atoms with van der Waals surface area (Å²) in [5.41, 5.74) is 0.462. The molecule has 1 atom stereocenters. The molecule has 0 aliphatic carbocycles. The largest absolute Gasteiger partial charge is 0.479 e. The van der Waals surface area contributed by atoms with E-state index < -0.39 is 18.0 Å². The number of hydrogen-bond donors (Lipinski definition) is 2. The van der Waals surface area contributed by atoms with Gasteiger partial charge in [0.15, 0.2) is 12.0 Å². The van der Waals surface area contributed by atoms with Gasteiger partial charge in [0, 0.05) is 14.0 Å². The van der Waals surface area contributed by atoms with E-state index in [1.165, 1.54) is 7.11 Å². The summed E-state index contributed by atoms with van der Waals surface area (Å²) in [5.74, 6) is -1.18. The number of aryl methyl sites for hydroxylation is 2. The molecule has 2 N–H and O–H groups in total. The van der Waals surface area contributed by atoms with E-state index in [9.17, 15) is 9.59 Å². The summed E-state index contributed by atoms with van der Waals surface area (Å²) in [7, 11) is 1.26. The summed E-state index contributed by atoms with van der Waals surface area (Å²) in [5, 5.41) is 11.1. The fourth-order valence-corrected chi connectivity index (χ4v) is 1.28. The number of carboxylic acid groups (broad SMARTS) is 1. The van der Waals surface area contributed by atoms with Gasteiger partial charge >= 0.3 is 5.97 Å². The highest BCUT2D eigenvalue weighted by atomic mass is 16.5. The molecule has 0 aliphatic heterocycles. The van der Waals surface area contributed by atoms with Crippen LogP contribution in [0.3, 0.4) is 0 Å². The van der Waals surface area contributed by atoms with Crippen LogP contribution in [0.1, 0.15) is 22.1 Å². The average molecular weight is 242 g/mol. The fourth-order valence-electron chi connectivity index (χ4n) is 1.28. The molecule has 0 bridgehead atoms. The van der Waals surface area contributed by atoms with E-state index in [1.807, 2.05) is 0 Å². The van der Waals surface area contributed by atoms with Crippen molar-refractivity contribution < 1.29 is 23.8 Å². The zero-order valence-electron chi connectivity index (χ0n) is 9.81. The van der Waals surface area contributed by atoms with Crippen LogP contribution in [0, 0.1) is 13.8 Å². The van der Waals surface area contributed by atoms with Crippen LogP contribution in [0.25, 0.3) is 0 Å². The average Bonchev–Trinajstić information content (AvgIpc) is 2.58. The Bertz CT molecular complexity index is 426.